The van der Waals surface area contributed by atoms with Crippen molar-refractivity contribution in [1.82, 2.24) is 9.55 Å². The molecule has 0 spiro atoms. The van der Waals surface area contributed by atoms with E-state index in [0.29, 0.717) is 35.6 Å². The maximum atomic E-state index is 12.5. The molecule has 1 aliphatic carbocycles. The van der Waals surface area contributed by atoms with Crippen LogP contribution in [0.3, 0.4) is 0 Å². The van der Waals surface area contributed by atoms with Gasteiger partial charge in [-0.15, -0.1) is 0 Å². The molecule has 1 unspecified atom stereocenters. The fraction of sp³-hybridized carbons (Fsp3) is 0.571. The molecule has 1 aromatic carbocycles. The Hall–Kier alpha value is -2.02. The largest absolute Gasteiger partial charge is 0.462 e. The summed E-state index contributed by atoms with van der Waals surface area (Å²) in [6, 6.07) is 5.79. The predicted octanol–water partition coefficient (Wildman–Crippen LogP) is 4.48. The van der Waals surface area contributed by atoms with Gasteiger partial charge in [-0.25, -0.2) is 9.78 Å². The van der Waals surface area contributed by atoms with E-state index in [4.69, 9.17) is 15.5 Å². The number of nitrogen functional groups attached to an aromatic ring is 1. The van der Waals surface area contributed by atoms with Crippen LogP contribution in [0.25, 0.3) is 11.0 Å². The smallest absolute Gasteiger partial charge is 0.338 e. The quantitative estimate of drug-likeness (QED) is 0.604. The molecule has 2 aromatic rings. The van der Waals surface area contributed by atoms with E-state index in [-0.39, 0.29) is 5.97 Å². The summed E-state index contributed by atoms with van der Waals surface area (Å²) in [7, 11) is 0. The third kappa shape index (κ3) is 4.04. The molecule has 1 aromatic heterocycles. The third-order valence-electron chi connectivity index (χ3n) is 5.70. The second-order valence-electron chi connectivity index (χ2n) is 7.75. The number of ether oxygens (including phenoxy) is 1. The van der Waals surface area contributed by atoms with Gasteiger partial charge in [0.15, 0.2) is 5.17 Å². The monoisotopic (exact) mass is 400 g/mol. The highest BCUT2D eigenvalue weighted by molar-refractivity contribution is 8.14. The molecule has 0 saturated heterocycles. The molecule has 2 aliphatic rings. The van der Waals surface area contributed by atoms with E-state index < -0.39 is 0 Å². The lowest BCUT2D eigenvalue weighted by Gasteiger charge is -2.14. The topological polar surface area (TPSA) is 82.5 Å². The highest BCUT2D eigenvalue weighted by Crippen LogP contribution is 2.28. The van der Waals surface area contributed by atoms with Crippen molar-refractivity contribution in [3.63, 3.8) is 0 Å². The van der Waals surface area contributed by atoms with Crippen molar-refractivity contribution in [1.29, 1.82) is 0 Å². The normalized spacial score (nSPS) is 20.9. The van der Waals surface area contributed by atoms with Gasteiger partial charge in [-0.3, -0.25) is 9.56 Å². The number of rotatable bonds is 4. The Morgan fingerprint density at radius 3 is 2.79 bits per heavy atom. The first-order valence-corrected chi connectivity index (χ1v) is 11.3. The fourth-order valence-electron chi connectivity index (χ4n) is 3.97. The minimum absolute atomic E-state index is 0.280. The van der Waals surface area contributed by atoms with Gasteiger partial charge in [0.2, 0.25) is 5.95 Å². The number of carbonyl (C=O) groups is 1. The summed E-state index contributed by atoms with van der Waals surface area (Å²) in [4.78, 5) is 21.7. The molecule has 0 bridgehead atoms. The predicted molar refractivity (Wildman–Crippen MR) is 115 cm³/mol. The van der Waals surface area contributed by atoms with E-state index in [1.807, 2.05) is 10.6 Å². The molecule has 1 fully saturated rings. The van der Waals surface area contributed by atoms with Crippen LogP contribution in [0.1, 0.15) is 62.2 Å². The Kier molecular flexibility index (Phi) is 5.90. The first kappa shape index (κ1) is 19.3. The maximum absolute atomic E-state index is 12.5. The molecule has 2 N–H and O–H groups in total. The van der Waals surface area contributed by atoms with Crippen LogP contribution in [0, 0.1) is 5.92 Å². The average molecular weight is 401 g/mol. The summed E-state index contributed by atoms with van der Waals surface area (Å²) >= 11 is 1.70. The fourth-order valence-corrected chi connectivity index (χ4v) is 5.16. The van der Waals surface area contributed by atoms with Gasteiger partial charge >= 0.3 is 5.97 Å². The second kappa shape index (κ2) is 8.55. The summed E-state index contributed by atoms with van der Waals surface area (Å²) in [5.41, 5.74) is 8.26. The van der Waals surface area contributed by atoms with E-state index in [0.717, 1.165) is 35.7 Å². The van der Waals surface area contributed by atoms with Gasteiger partial charge in [0.25, 0.3) is 0 Å². The molecule has 1 atom stereocenters. The van der Waals surface area contributed by atoms with Crippen molar-refractivity contribution in [3.8, 4) is 0 Å². The zero-order valence-electron chi connectivity index (χ0n) is 16.4. The summed E-state index contributed by atoms with van der Waals surface area (Å²) in [5, 5.41) is 0.885. The zero-order valence-corrected chi connectivity index (χ0v) is 17.2. The molecule has 4 rings (SSSR count). The Morgan fingerprint density at radius 1 is 1.29 bits per heavy atom. The summed E-state index contributed by atoms with van der Waals surface area (Å²) in [6.45, 7) is 2.65. The van der Waals surface area contributed by atoms with Crippen molar-refractivity contribution in [2.24, 2.45) is 10.9 Å². The minimum atomic E-state index is -0.280. The van der Waals surface area contributed by atoms with Crippen molar-refractivity contribution in [2.45, 2.75) is 57.9 Å². The van der Waals surface area contributed by atoms with Crippen LogP contribution in [0.2, 0.25) is 0 Å². The van der Waals surface area contributed by atoms with Gasteiger partial charge in [0, 0.05) is 5.75 Å². The van der Waals surface area contributed by atoms with Crippen LogP contribution in [0.4, 0.5) is 5.95 Å². The van der Waals surface area contributed by atoms with E-state index in [2.05, 4.69) is 11.9 Å². The van der Waals surface area contributed by atoms with Gasteiger partial charge in [0.05, 0.1) is 29.2 Å². The Morgan fingerprint density at radius 2 is 2.07 bits per heavy atom. The number of aliphatic imine (C=N–C) groups is 1. The molecule has 1 saturated carbocycles. The molecule has 28 heavy (non-hydrogen) atoms. The number of nitrogens with zero attached hydrogens (tertiary/aromatic N) is 3. The molecule has 1 aliphatic heterocycles. The Balaban J connectivity index is 1.49. The lowest BCUT2D eigenvalue weighted by atomic mass is 10.0. The number of imidazole rings is 1. The Labute approximate surface area is 169 Å². The standard InChI is InChI=1S/C21H28N4O2S/c1-2-16-13-28-21(23-16)25-18-10-9-15(11-17(18)24-20(25)22)19(26)27-12-14-7-5-3-4-6-8-14/h9-11,14,16H,2-8,12-13H2,1H3,(H2,22,24). The van der Waals surface area contributed by atoms with Crippen LogP contribution >= 0.6 is 11.8 Å². The van der Waals surface area contributed by atoms with Crippen LogP contribution in [-0.2, 0) is 4.74 Å². The number of thioether (sulfide) groups is 1. The van der Waals surface area contributed by atoms with Crippen LogP contribution in [-0.4, -0.2) is 39.1 Å². The SMILES string of the molecule is CCC1CSC(n2c(N)nc3cc(C(=O)OCC4CCCCCC4)ccc32)=N1. The van der Waals surface area contributed by atoms with Crippen LogP contribution in [0.5, 0.6) is 0 Å². The first-order chi connectivity index (χ1) is 13.7. The molecule has 0 amide bonds. The molecule has 6 nitrogen and oxygen atoms in total. The average Bonchev–Trinajstić information content (AvgIpc) is 3.19. The number of carbonyl (C=O) groups excluding carboxylic acids is 1. The van der Waals surface area contributed by atoms with Gasteiger partial charge < -0.3 is 10.5 Å². The van der Waals surface area contributed by atoms with Gasteiger partial charge in [-0.05, 0) is 43.4 Å². The number of benzene rings is 1. The van der Waals surface area contributed by atoms with Gasteiger partial charge in [-0.1, -0.05) is 44.4 Å². The highest BCUT2D eigenvalue weighted by Gasteiger charge is 2.23. The second-order valence-corrected chi connectivity index (χ2v) is 8.74. The van der Waals surface area contributed by atoms with Gasteiger partial charge in [-0.2, -0.15) is 0 Å². The molecule has 2 heterocycles. The minimum Gasteiger partial charge on any atom is -0.462 e. The van der Waals surface area contributed by atoms with E-state index in [9.17, 15) is 4.79 Å². The van der Waals surface area contributed by atoms with Gasteiger partial charge in [0.1, 0.15) is 0 Å². The summed E-state index contributed by atoms with van der Waals surface area (Å²) in [6.07, 6.45) is 8.41. The maximum Gasteiger partial charge on any atom is 0.338 e. The molecular weight excluding hydrogens is 372 g/mol. The number of fused-ring (bicyclic) bond motifs is 1. The number of hydrogen-bond donors (Lipinski definition) is 1. The van der Waals surface area contributed by atoms with Crippen LogP contribution in [0.15, 0.2) is 23.2 Å². The van der Waals surface area contributed by atoms with Crippen molar-refractivity contribution in [2.75, 3.05) is 18.1 Å². The van der Waals surface area contributed by atoms with Crippen molar-refractivity contribution < 1.29 is 9.53 Å². The summed E-state index contributed by atoms with van der Waals surface area (Å²) < 4.78 is 7.49. The summed E-state index contributed by atoms with van der Waals surface area (Å²) in [5.74, 6) is 1.59. The molecular formula is C21H28N4O2S. The van der Waals surface area contributed by atoms with E-state index >= 15 is 0 Å². The number of esters is 1. The van der Waals surface area contributed by atoms with Crippen molar-refractivity contribution >= 4 is 39.9 Å². The lowest BCUT2D eigenvalue weighted by Crippen LogP contribution is -2.14. The van der Waals surface area contributed by atoms with Crippen molar-refractivity contribution in [3.05, 3.63) is 23.8 Å². The van der Waals surface area contributed by atoms with E-state index in [1.54, 1.807) is 23.9 Å². The number of anilines is 1. The molecule has 0 radical (unpaired) electrons. The number of aromatic nitrogens is 2. The Bertz CT molecular complexity index is 884. The number of hydrogen-bond acceptors (Lipinski definition) is 6. The molecule has 150 valence electrons. The third-order valence-corrected chi connectivity index (χ3v) is 6.80. The first-order valence-electron chi connectivity index (χ1n) is 10.3. The zero-order chi connectivity index (χ0) is 19.5. The lowest BCUT2D eigenvalue weighted by molar-refractivity contribution is 0.0428. The van der Waals surface area contributed by atoms with Crippen LogP contribution < -0.4 is 5.73 Å². The highest BCUT2D eigenvalue weighted by atomic mass is 32.2. The van der Waals surface area contributed by atoms with E-state index in [1.165, 1.54) is 25.7 Å². The molecule has 7 heteroatoms. The number of nitrogens with two attached hydrogens (primary N) is 1.